The fourth-order valence-corrected chi connectivity index (χ4v) is 5.07. The number of rotatable bonds is 6. The number of halogens is 2. The van der Waals surface area contributed by atoms with Gasteiger partial charge in [0.2, 0.25) is 0 Å². The van der Waals surface area contributed by atoms with Crippen molar-refractivity contribution in [2.45, 2.75) is 44.7 Å². The number of amides is 4. The monoisotopic (exact) mass is 461 g/mol. The number of piperidine rings is 1. The number of carbonyl (C=O) groups excluding carboxylic acids is 3. The normalized spacial score (nSPS) is 21.8. The first-order valence-corrected chi connectivity index (χ1v) is 11.1. The summed E-state index contributed by atoms with van der Waals surface area (Å²) in [7, 11) is 0. The summed E-state index contributed by atoms with van der Waals surface area (Å²) in [6.07, 6.45) is 3.74. The Morgan fingerprint density at radius 3 is 2.62 bits per heavy atom. The average molecular weight is 462 g/mol. The number of likely N-dealkylation sites (tertiary alicyclic amines) is 1. The fraction of sp³-hybridized carbons (Fsp3) is 0.435. The van der Waals surface area contributed by atoms with Gasteiger partial charge < -0.3 is 14.6 Å². The van der Waals surface area contributed by atoms with Gasteiger partial charge in [-0.05, 0) is 49.4 Å². The van der Waals surface area contributed by atoms with E-state index < -0.39 is 23.3 Å². The molecule has 2 aliphatic heterocycles. The molecular weight excluding hydrogens is 437 g/mol. The van der Waals surface area contributed by atoms with Crippen LogP contribution in [0.2, 0.25) is 5.02 Å². The Hall–Kier alpha value is -2.87. The molecule has 1 atom stereocenters. The van der Waals surface area contributed by atoms with Crippen molar-refractivity contribution >= 4 is 29.4 Å². The molecule has 3 heterocycles. The van der Waals surface area contributed by atoms with Crippen molar-refractivity contribution in [2.24, 2.45) is 5.92 Å². The van der Waals surface area contributed by atoms with Crippen LogP contribution in [0.1, 0.15) is 48.7 Å². The van der Waals surface area contributed by atoms with Gasteiger partial charge in [-0.1, -0.05) is 31.0 Å². The number of urea groups is 1. The second kappa shape index (κ2) is 8.94. The molecule has 0 bridgehead atoms. The Balaban J connectivity index is 1.50. The third-order valence-corrected chi connectivity index (χ3v) is 6.71. The van der Waals surface area contributed by atoms with Crippen molar-refractivity contribution in [1.82, 2.24) is 15.1 Å². The van der Waals surface area contributed by atoms with Gasteiger partial charge in [0, 0.05) is 13.1 Å². The lowest BCUT2D eigenvalue weighted by molar-refractivity contribution is -0.134. The van der Waals surface area contributed by atoms with E-state index in [4.69, 9.17) is 16.0 Å². The predicted octanol–water partition coefficient (Wildman–Crippen LogP) is 4.22. The van der Waals surface area contributed by atoms with Crippen LogP contribution < -0.4 is 5.32 Å². The third-order valence-electron chi connectivity index (χ3n) is 6.40. The molecule has 0 radical (unpaired) electrons. The van der Waals surface area contributed by atoms with Gasteiger partial charge in [-0.15, -0.1) is 0 Å². The highest BCUT2D eigenvalue weighted by Crippen LogP contribution is 2.38. The lowest BCUT2D eigenvalue weighted by atomic mass is 9.74. The number of benzene rings is 1. The van der Waals surface area contributed by atoms with Gasteiger partial charge >= 0.3 is 6.03 Å². The van der Waals surface area contributed by atoms with Crippen LogP contribution in [0.5, 0.6) is 0 Å². The van der Waals surface area contributed by atoms with E-state index in [2.05, 4.69) is 5.32 Å². The molecule has 0 spiro atoms. The van der Waals surface area contributed by atoms with Gasteiger partial charge in [0.15, 0.2) is 0 Å². The topological polar surface area (TPSA) is 82.9 Å². The summed E-state index contributed by atoms with van der Waals surface area (Å²) in [5.74, 6) is -0.984. The van der Waals surface area contributed by atoms with Crippen LogP contribution in [0.4, 0.5) is 9.18 Å². The lowest BCUT2D eigenvalue weighted by Gasteiger charge is -2.41. The van der Waals surface area contributed by atoms with Crippen LogP contribution in [0.15, 0.2) is 41.0 Å². The Labute approximate surface area is 190 Å². The summed E-state index contributed by atoms with van der Waals surface area (Å²) in [4.78, 5) is 41.8. The highest BCUT2D eigenvalue weighted by molar-refractivity contribution is 6.33. The van der Waals surface area contributed by atoms with E-state index in [-0.39, 0.29) is 29.0 Å². The highest BCUT2D eigenvalue weighted by Gasteiger charge is 2.55. The molecule has 0 unspecified atom stereocenters. The zero-order valence-electron chi connectivity index (χ0n) is 17.8. The van der Waals surface area contributed by atoms with E-state index in [0.29, 0.717) is 44.5 Å². The highest BCUT2D eigenvalue weighted by atomic mass is 35.5. The Morgan fingerprint density at radius 1 is 1.25 bits per heavy atom. The zero-order valence-corrected chi connectivity index (χ0v) is 18.5. The molecule has 0 aliphatic carbocycles. The molecule has 2 aliphatic rings. The van der Waals surface area contributed by atoms with E-state index in [1.54, 1.807) is 17.0 Å². The summed E-state index contributed by atoms with van der Waals surface area (Å²) in [6, 6.07) is 7.15. The number of hydrogen-bond acceptors (Lipinski definition) is 4. The molecule has 32 heavy (non-hydrogen) atoms. The first-order valence-electron chi connectivity index (χ1n) is 10.8. The van der Waals surface area contributed by atoms with Crippen LogP contribution in [-0.2, 0) is 11.3 Å². The van der Waals surface area contributed by atoms with E-state index in [0.717, 1.165) is 0 Å². The van der Waals surface area contributed by atoms with Crippen molar-refractivity contribution in [3.63, 3.8) is 0 Å². The predicted molar refractivity (Wildman–Crippen MR) is 115 cm³/mol. The molecule has 2 aromatic rings. The van der Waals surface area contributed by atoms with Crippen LogP contribution >= 0.6 is 11.6 Å². The smallest absolute Gasteiger partial charge is 0.325 e. The minimum atomic E-state index is -1.01. The molecular formula is C23H25ClFN3O4. The molecule has 1 N–H and O–H groups in total. The van der Waals surface area contributed by atoms with Gasteiger partial charge in [0.1, 0.15) is 17.1 Å². The summed E-state index contributed by atoms with van der Waals surface area (Å²) in [5, 5.41) is 3.03. The standard InChI is InChI=1S/C23H25ClFN3O4/c1-2-10-23(21(30)28(22(31)26-23)14-16-5-4-13-32-16)15-8-11-27(12-9-15)20(29)19-17(24)6-3-7-18(19)25/h3-7,13,15H,2,8-12,14H2,1H3,(H,26,31)/t23-/m0/s1. The van der Waals surface area contributed by atoms with Gasteiger partial charge in [-0.2, -0.15) is 0 Å². The second-order valence-electron chi connectivity index (χ2n) is 8.29. The summed E-state index contributed by atoms with van der Waals surface area (Å²) in [6.45, 7) is 2.74. The van der Waals surface area contributed by atoms with Crippen LogP contribution in [0.25, 0.3) is 0 Å². The fourth-order valence-electron chi connectivity index (χ4n) is 4.83. The van der Waals surface area contributed by atoms with Crippen molar-refractivity contribution in [1.29, 1.82) is 0 Å². The molecule has 2 saturated heterocycles. The number of imide groups is 1. The van der Waals surface area contributed by atoms with Gasteiger partial charge in [-0.25, -0.2) is 9.18 Å². The quantitative estimate of drug-likeness (QED) is 0.653. The maximum atomic E-state index is 14.2. The number of carbonyl (C=O) groups is 3. The number of hydrogen-bond donors (Lipinski definition) is 1. The molecule has 4 rings (SSSR count). The Morgan fingerprint density at radius 2 is 2.00 bits per heavy atom. The largest absolute Gasteiger partial charge is 0.467 e. The molecule has 170 valence electrons. The van der Waals surface area contributed by atoms with Crippen LogP contribution in [0, 0.1) is 11.7 Å². The molecule has 9 heteroatoms. The van der Waals surface area contributed by atoms with Crippen molar-refractivity contribution in [2.75, 3.05) is 13.1 Å². The van der Waals surface area contributed by atoms with Crippen molar-refractivity contribution in [3.05, 3.63) is 58.8 Å². The molecule has 1 aromatic carbocycles. The minimum Gasteiger partial charge on any atom is -0.467 e. The summed E-state index contributed by atoms with van der Waals surface area (Å²) < 4.78 is 19.5. The van der Waals surface area contributed by atoms with E-state index in [9.17, 15) is 18.8 Å². The average Bonchev–Trinajstić information content (AvgIpc) is 3.37. The first-order chi connectivity index (χ1) is 15.4. The number of furan rings is 1. The number of nitrogens with zero attached hydrogens (tertiary/aromatic N) is 2. The number of nitrogens with one attached hydrogen (secondary N) is 1. The lowest BCUT2D eigenvalue weighted by Crippen LogP contribution is -2.56. The van der Waals surface area contributed by atoms with E-state index in [1.165, 1.54) is 29.4 Å². The van der Waals surface area contributed by atoms with Gasteiger partial charge in [0.25, 0.3) is 11.8 Å². The maximum absolute atomic E-state index is 14.2. The van der Waals surface area contributed by atoms with Crippen LogP contribution in [-0.4, -0.2) is 46.3 Å². The Kier molecular flexibility index (Phi) is 6.24. The van der Waals surface area contributed by atoms with E-state index >= 15 is 0 Å². The van der Waals surface area contributed by atoms with Gasteiger partial charge in [0.05, 0.1) is 23.4 Å². The zero-order chi connectivity index (χ0) is 22.9. The maximum Gasteiger partial charge on any atom is 0.325 e. The van der Waals surface area contributed by atoms with Crippen molar-refractivity contribution < 1.29 is 23.2 Å². The summed E-state index contributed by atoms with van der Waals surface area (Å²) >= 11 is 6.06. The molecule has 7 nitrogen and oxygen atoms in total. The third kappa shape index (κ3) is 3.88. The second-order valence-corrected chi connectivity index (χ2v) is 8.69. The summed E-state index contributed by atoms with van der Waals surface area (Å²) in [5.41, 5.74) is -1.14. The van der Waals surface area contributed by atoms with E-state index in [1.807, 2.05) is 6.92 Å². The first kappa shape index (κ1) is 22.3. The SMILES string of the molecule is CCC[C@@]1(C2CCN(C(=O)c3c(F)cccc3Cl)CC2)NC(=O)N(Cc2ccco2)C1=O. The van der Waals surface area contributed by atoms with Gasteiger partial charge in [-0.3, -0.25) is 14.5 Å². The van der Waals surface area contributed by atoms with Crippen LogP contribution in [0.3, 0.4) is 0 Å². The molecule has 0 saturated carbocycles. The molecule has 2 fully saturated rings. The Bertz CT molecular complexity index is 1000. The van der Waals surface area contributed by atoms with Crippen molar-refractivity contribution in [3.8, 4) is 0 Å². The minimum absolute atomic E-state index is 0.0754. The molecule has 4 amide bonds. The molecule has 1 aromatic heterocycles.